The monoisotopic (exact) mass is 256 g/mol. The van der Waals surface area contributed by atoms with Crippen LogP contribution in [0.5, 0.6) is 5.75 Å². The Morgan fingerprint density at radius 2 is 2.32 bits per heavy atom. The molecule has 1 aliphatic rings. The molecule has 0 amide bonds. The maximum absolute atomic E-state index is 12.3. The second-order valence-electron chi connectivity index (χ2n) is 4.89. The molecule has 0 bridgehead atoms. The first-order valence-electron chi connectivity index (χ1n) is 6.47. The molecule has 0 aliphatic carbocycles. The SMILES string of the molecule is Cn1cncc1C(=O)CC1CCOc2ccccc21. The van der Waals surface area contributed by atoms with Crippen molar-refractivity contribution in [3.63, 3.8) is 0 Å². The zero-order valence-corrected chi connectivity index (χ0v) is 10.9. The Kier molecular flexibility index (Phi) is 3.07. The minimum Gasteiger partial charge on any atom is -0.493 e. The molecule has 0 N–H and O–H groups in total. The van der Waals surface area contributed by atoms with E-state index >= 15 is 0 Å². The summed E-state index contributed by atoms with van der Waals surface area (Å²) < 4.78 is 7.39. The van der Waals surface area contributed by atoms with E-state index in [1.54, 1.807) is 17.1 Å². The summed E-state index contributed by atoms with van der Waals surface area (Å²) in [6, 6.07) is 7.98. The number of hydrogen-bond acceptors (Lipinski definition) is 3. The van der Waals surface area contributed by atoms with Crippen molar-refractivity contribution in [2.24, 2.45) is 7.05 Å². The Morgan fingerprint density at radius 3 is 3.11 bits per heavy atom. The minimum atomic E-state index is 0.140. The normalized spacial score (nSPS) is 17.6. The van der Waals surface area contributed by atoms with Crippen LogP contribution in [0.1, 0.15) is 34.8 Å². The molecular formula is C15H16N2O2. The van der Waals surface area contributed by atoms with Gasteiger partial charge < -0.3 is 9.30 Å². The van der Waals surface area contributed by atoms with Crippen molar-refractivity contribution in [2.45, 2.75) is 18.8 Å². The number of carbonyl (C=O) groups excluding carboxylic acids is 1. The second kappa shape index (κ2) is 4.88. The number of nitrogens with zero attached hydrogens (tertiary/aromatic N) is 2. The van der Waals surface area contributed by atoms with E-state index in [0.717, 1.165) is 17.7 Å². The van der Waals surface area contributed by atoms with E-state index in [1.807, 2.05) is 25.2 Å². The Labute approximate surface area is 112 Å². The Balaban J connectivity index is 1.82. The zero-order chi connectivity index (χ0) is 13.2. The topological polar surface area (TPSA) is 44.1 Å². The summed E-state index contributed by atoms with van der Waals surface area (Å²) in [5.74, 6) is 1.30. The number of ketones is 1. The quantitative estimate of drug-likeness (QED) is 0.793. The summed E-state index contributed by atoms with van der Waals surface area (Å²) in [5.41, 5.74) is 1.81. The highest BCUT2D eigenvalue weighted by molar-refractivity contribution is 5.94. The highest BCUT2D eigenvalue weighted by Crippen LogP contribution is 2.35. The number of hydrogen-bond donors (Lipinski definition) is 0. The Morgan fingerprint density at radius 1 is 1.47 bits per heavy atom. The second-order valence-corrected chi connectivity index (χ2v) is 4.89. The average molecular weight is 256 g/mol. The van der Waals surface area contributed by atoms with Crippen LogP contribution in [0.25, 0.3) is 0 Å². The van der Waals surface area contributed by atoms with Gasteiger partial charge in [-0.15, -0.1) is 0 Å². The summed E-state index contributed by atoms with van der Waals surface area (Å²) in [5, 5.41) is 0. The van der Waals surface area contributed by atoms with Gasteiger partial charge in [-0.05, 0) is 24.0 Å². The van der Waals surface area contributed by atoms with Crippen LogP contribution in [0.3, 0.4) is 0 Å². The molecule has 2 heterocycles. The molecule has 1 unspecified atom stereocenters. The molecule has 1 aromatic carbocycles. The molecule has 1 atom stereocenters. The largest absolute Gasteiger partial charge is 0.493 e. The number of rotatable bonds is 3. The van der Waals surface area contributed by atoms with Gasteiger partial charge in [0.1, 0.15) is 11.4 Å². The molecule has 0 saturated carbocycles. The molecule has 19 heavy (non-hydrogen) atoms. The van der Waals surface area contributed by atoms with Crippen molar-refractivity contribution in [2.75, 3.05) is 6.61 Å². The van der Waals surface area contributed by atoms with Crippen LogP contribution < -0.4 is 4.74 Å². The standard InChI is InChI=1S/C15H16N2O2/c1-17-10-16-9-13(17)14(18)8-11-6-7-19-15-5-3-2-4-12(11)15/h2-5,9-11H,6-8H2,1H3. The van der Waals surface area contributed by atoms with Gasteiger partial charge in [-0.25, -0.2) is 4.98 Å². The first kappa shape index (κ1) is 12.0. The number of fused-ring (bicyclic) bond motifs is 1. The minimum absolute atomic E-state index is 0.140. The van der Waals surface area contributed by atoms with Crippen molar-refractivity contribution in [3.05, 3.63) is 48.0 Å². The molecular weight excluding hydrogens is 240 g/mol. The van der Waals surface area contributed by atoms with Crippen LogP contribution in [-0.2, 0) is 7.05 Å². The summed E-state index contributed by atoms with van der Waals surface area (Å²) in [6.07, 6.45) is 4.69. The van der Waals surface area contributed by atoms with Crippen LogP contribution in [0.15, 0.2) is 36.8 Å². The third-order valence-corrected chi connectivity index (χ3v) is 3.62. The van der Waals surface area contributed by atoms with E-state index in [1.165, 1.54) is 0 Å². The number of benzene rings is 1. The van der Waals surface area contributed by atoms with Crippen molar-refractivity contribution in [1.82, 2.24) is 9.55 Å². The average Bonchev–Trinajstić information content (AvgIpc) is 2.85. The van der Waals surface area contributed by atoms with E-state index in [4.69, 9.17) is 4.74 Å². The molecule has 2 aromatic rings. The van der Waals surface area contributed by atoms with E-state index in [2.05, 4.69) is 11.1 Å². The van der Waals surface area contributed by atoms with Gasteiger partial charge in [0.15, 0.2) is 5.78 Å². The number of carbonyl (C=O) groups is 1. The highest BCUT2D eigenvalue weighted by atomic mass is 16.5. The smallest absolute Gasteiger partial charge is 0.181 e. The number of ether oxygens (including phenoxy) is 1. The van der Waals surface area contributed by atoms with Crippen molar-refractivity contribution in [1.29, 1.82) is 0 Å². The predicted octanol–water partition coefficient (Wildman–Crippen LogP) is 2.56. The molecule has 0 spiro atoms. The lowest BCUT2D eigenvalue weighted by atomic mass is 9.88. The Hall–Kier alpha value is -2.10. The maximum Gasteiger partial charge on any atom is 0.181 e. The van der Waals surface area contributed by atoms with Gasteiger partial charge in [-0.3, -0.25) is 4.79 Å². The van der Waals surface area contributed by atoms with Gasteiger partial charge in [0.05, 0.1) is 19.1 Å². The van der Waals surface area contributed by atoms with Gasteiger partial charge in [0, 0.05) is 13.5 Å². The first-order valence-corrected chi connectivity index (χ1v) is 6.47. The number of aromatic nitrogens is 2. The van der Waals surface area contributed by atoms with Crippen molar-refractivity contribution in [3.8, 4) is 5.75 Å². The van der Waals surface area contributed by atoms with E-state index in [9.17, 15) is 4.79 Å². The van der Waals surface area contributed by atoms with Crippen LogP contribution in [0.2, 0.25) is 0 Å². The van der Waals surface area contributed by atoms with Crippen LogP contribution in [-0.4, -0.2) is 21.9 Å². The molecule has 1 aromatic heterocycles. The molecule has 3 rings (SSSR count). The summed E-state index contributed by atoms with van der Waals surface area (Å²) in [6.45, 7) is 0.681. The van der Waals surface area contributed by atoms with Crippen molar-refractivity contribution < 1.29 is 9.53 Å². The summed E-state index contributed by atoms with van der Waals surface area (Å²) in [7, 11) is 1.85. The van der Waals surface area contributed by atoms with Crippen LogP contribution in [0, 0.1) is 0 Å². The lowest BCUT2D eigenvalue weighted by Crippen LogP contribution is -2.18. The molecule has 0 radical (unpaired) electrons. The van der Waals surface area contributed by atoms with Crippen LogP contribution in [0.4, 0.5) is 0 Å². The van der Waals surface area contributed by atoms with Crippen LogP contribution >= 0.6 is 0 Å². The van der Waals surface area contributed by atoms with Crippen molar-refractivity contribution >= 4 is 5.78 Å². The number of para-hydroxylation sites is 1. The number of Topliss-reactive ketones (excluding diaryl/α,β-unsaturated/α-hetero) is 1. The van der Waals surface area contributed by atoms with Gasteiger partial charge in [-0.2, -0.15) is 0 Å². The first-order chi connectivity index (χ1) is 9.25. The van der Waals surface area contributed by atoms with Gasteiger partial charge in [0.2, 0.25) is 0 Å². The van der Waals surface area contributed by atoms with E-state index < -0.39 is 0 Å². The molecule has 4 heteroatoms. The number of imidazole rings is 1. The Bertz CT molecular complexity index is 604. The molecule has 1 aliphatic heterocycles. The molecule has 0 saturated heterocycles. The van der Waals surface area contributed by atoms with E-state index in [-0.39, 0.29) is 11.7 Å². The summed E-state index contributed by atoms with van der Waals surface area (Å²) >= 11 is 0. The maximum atomic E-state index is 12.3. The summed E-state index contributed by atoms with van der Waals surface area (Å²) in [4.78, 5) is 16.3. The molecule has 98 valence electrons. The van der Waals surface area contributed by atoms with E-state index in [0.29, 0.717) is 18.7 Å². The molecule has 4 nitrogen and oxygen atoms in total. The fourth-order valence-electron chi connectivity index (χ4n) is 2.58. The fourth-order valence-corrected chi connectivity index (χ4v) is 2.58. The lowest BCUT2D eigenvalue weighted by molar-refractivity contribution is 0.0958. The zero-order valence-electron chi connectivity index (χ0n) is 10.9. The lowest BCUT2D eigenvalue weighted by Gasteiger charge is -2.25. The fraction of sp³-hybridized carbons (Fsp3) is 0.333. The van der Waals surface area contributed by atoms with Gasteiger partial charge in [-0.1, -0.05) is 18.2 Å². The van der Waals surface area contributed by atoms with Gasteiger partial charge >= 0.3 is 0 Å². The third-order valence-electron chi connectivity index (χ3n) is 3.62. The highest BCUT2D eigenvalue weighted by Gasteiger charge is 2.24. The van der Waals surface area contributed by atoms with Gasteiger partial charge in [0.25, 0.3) is 0 Å². The molecule has 0 fully saturated rings. The third kappa shape index (κ3) is 2.26. The predicted molar refractivity (Wildman–Crippen MR) is 71.5 cm³/mol. The number of aryl methyl sites for hydroxylation is 1.